The molecule has 2 aromatic rings. The fourth-order valence-electron chi connectivity index (χ4n) is 1.51. The Bertz CT molecular complexity index is 589. The SMILES string of the molecule is CC(C)(C)c1nc(-c2ccc(Cl)s2)nc(N)c1Br. The molecule has 3 nitrogen and oxygen atoms in total. The predicted octanol–water partition coefficient (Wildman–Crippen LogP) is 4.50. The Labute approximate surface area is 124 Å². The fourth-order valence-corrected chi connectivity index (χ4v) is 3.26. The van der Waals surface area contributed by atoms with E-state index in [4.69, 9.17) is 17.3 Å². The van der Waals surface area contributed by atoms with Crippen molar-refractivity contribution in [1.29, 1.82) is 0 Å². The van der Waals surface area contributed by atoms with Gasteiger partial charge in [0.05, 0.1) is 19.4 Å². The average Bonchev–Trinajstić information content (AvgIpc) is 2.67. The van der Waals surface area contributed by atoms with Crippen LogP contribution in [0.2, 0.25) is 4.34 Å². The van der Waals surface area contributed by atoms with E-state index in [0.29, 0.717) is 16.0 Å². The zero-order valence-electron chi connectivity index (χ0n) is 10.3. The second-order valence-electron chi connectivity index (χ2n) is 4.95. The first-order valence-corrected chi connectivity index (χ1v) is 7.37. The Balaban J connectivity index is 2.61. The lowest BCUT2D eigenvalue weighted by molar-refractivity contribution is 0.565. The summed E-state index contributed by atoms with van der Waals surface area (Å²) in [7, 11) is 0. The molecule has 0 spiro atoms. The zero-order valence-corrected chi connectivity index (χ0v) is 13.4. The van der Waals surface area contributed by atoms with Crippen molar-refractivity contribution in [3.8, 4) is 10.7 Å². The van der Waals surface area contributed by atoms with Gasteiger partial charge in [0.1, 0.15) is 5.82 Å². The van der Waals surface area contributed by atoms with Crippen molar-refractivity contribution in [3.63, 3.8) is 0 Å². The van der Waals surface area contributed by atoms with Crippen LogP contribution in [0.5, 0.6) is 0 Å². The Hall–Kier alpha value is -0.650. The van der Waals surface area contributed by atoms with Gasteiger partial charge in [-0.15, -0.1) is 11.3 Å². The summed E-state index contributed by atoms with van der Waals surface area (Å²) < 4.78 is 1.48. The lowest BCUT2D eigenvalue weighted by atomic mass is 9.92. The molecule has 6 heteroatoms. The van der Waals surface area contributed by atoms with Crippen LogP contribution in [0, 0.1) is 0 Å². The monoisotopic (exact) mass is 345 g/mol. The molecule has 0 aliphatic carbocycles. The zero-order chi connectivity index (χ0) is 13.5. The molecule has 2 heterocycles. The smallest absolute Gasteiger partial charge is 0.172 e. The maximum Gasteiger partial charge on any atom is 0.172 e. The average molecular weight is 347 g/mol. The maximum atomic E-state index is 5.94. The summed E-state index contributed by atoms with van der Waals surface area (Å²) in [5.41, 5.74) is 6.73. The molecule has 2 aromatic heterocycles. The highest BCUT2D eigenvalue weighted by Gasteiger charge is 2.23. The molecule has 0 atom stereocenters. The number of hydrogen-bond acceptors (Lipinski definition) is 4. The highest BCUT2D eigenvalue weighted by molar-refractivity contribution is 9.10. The van der Waals surface area contributed by atoms with Crippen LogP contribution in [-0.2, 0) is 5.41 Å². The highest BCUT2D eigenvalue weighted by Crippen LogP contribution is 2.35. The van der Waals surface area contributed by atoms with E-state index in [9.17, 15) is 0 Å². The Morgan fingerprint density at radius 1 is 1.28 bits per heavy atom. The van der Waals surface area contributed by atoms with Crippen LogP contribution in [0.25, 0.3) is 10.7 Å². The van der Waals surface area contributed by atoms with Crippen LogP contribution in [0.3, 0.4) is 0 Å². The highest BCUT2D eigenvalue weighted by atomic mass is 79.9. The molecule has 0 amide bonds. The van der Waals surface area contributed by atoms with Crippen molar-refractivity contribution < 1.29 is 0 Å². The third kappa shape index (κ3) is 2.68. The van der Waals surface area contributed by atoms with Crippen molar-refractivity contribution >= 4 is 44.7 Å². The fraction of sp³-hybridized carbons (Fsp3) is 0.333. The maximum absolute atomic E-state index is 5.94. The van der Waals surface area contributed by atoms with Crippen molar-refractivity contribution in [2.24, 2.45) is 0 Å². The summed E-state index contributed by atoms with van der Waals surface area (Å²) in [4.78, 5) is 9.82. The number of thiophene rings is 1. The van der Waals surface area contributed by atoms with Crippen molar-refractivity contribution in [2.45, 2.75) is 26.2 Å². The number of halogens is 2. The van der Waals surface area contributed by atoms with Gasteiger partial charge in [-0.1, -0.05) is 32.4 Å². The van der Waals surface area contributed by atoms with Gasteiger partial charge in [-0.2, -0.15) is 0 Å². The summed E-state index contributed by atoms with van der Waals surface area (Å²) in [6, 6.07) is 3.74. The molecule has 0 saturated carbocycles. The molecule has 0 radical (unpaired) electrons. The van der Waals surface area contributed by atoms with E-state index in [2.05, 4.69) is 46.7 Å². The molecular formula is C12H13BrClN3S. The summed E-state index contributed by atoms with van der Waals surface area (Å²) in [5, 5.41) is 0. The quantitative estimate of drug-likeness (QED) is 0.827. The summed E-state index contributed by atoms with van der Waals surface area (Å²) in [6.07, 6.45) is 0. The molecule has 0 bridgehead atoms. The Morgan fingerprint density at radius 3 is 2.44 bits per heavy atom. The number of anilines is 1. The van der Waals surface area contributed by atoms with Gasteiger partial charge in [0.25, 0.3) is 0 Å². The van der Waals surface area contributed by atoms with E-state index < -0.39 is 0 Å². The first-order valence-electron chi connectivity index (χ1n) is 5.38. The van der Waals surface area contributed by atoms with Gasteiger partial charge in [0.2, 0.25) is 0 Å². The lowest BCUT2D eigenvalue weighted by Gasteiger charge is -2.20. The van der Waals surface area contributed by atoms with Gasteiger partial charge in [-0.25, -0.2) is 9.97 Å². The number of nitrogens with two attached hydrogens (primary N) is 1. The van der Waals surface area contributed by atoms with Crippen LogP contribution in [0.15, 0.2) is 16.6 Å². The number of aromatic nitrogens is 2. The molecule has 18 heavy (non-hydrogen) atoms. The summed E-state index contributed by atoms with van der Waals surface area (Å²) in [6.45, 7) is 6.26. The van der Waals surface area contributed by atoms with Gasteiger partial charge in [0, 0.05) is 5.41 Å². The van der Waals surface area contributed by atoms with Gasteiger partial charge in [0.15, 0.2) is 5.82 Å². The van der Waals surface area contributed by atoms with Gasteiger partial charge >= 0.3 is 0 Å². The second kappa shape index (κ2) is 4.79. The lowest BCUT2D eigenvalue weighted by Crippen LogP contribution is -2.16. The molecule has 0 saturated heterocycles. The molecule has 0 unspecified atom stereocenters. The van der Waals surface area contributed by atoms with Crippen LogP contribution in [0.4, 0.5) is 5.82 Å². The van der Waals surface area contributed by atoms with E-state index in [1.165, 1.54) is 11.3 Å². The van der Waals surface area contributed by atoms with E-state index >= 15 is 0 Å². The molecule has 0 aliphatic rings. The summed E-state index contributed by atoms with van der Waals surface area (Å²) >= 11 is 10.8. The Morgan fingerprint density at radius 2 is 1.94 bits per heavy atom. The minimum Gasteiger partial charge on any atom is -0.383 e. The van der Waals surface area contributed by atoms with E-state index in [1.54, 1.807) is 0 Å². The first-order chi connectivity index (χ1) is 8.29. The van der Waals surface area contributed by atoms with E-state index in [1.807, 2.05) is 12.1 Å². The van der Waals surface area contributed by atoms with Crippen molar-refractivity contribution in [3.05, 3.63) is 26.6 Å². The summed E-state index contributed by atoms with van der Waals surface area (Å²) in [5.74, 6) is 1.08. The Kier molecular flexibility index (Phi) is 3.67. The molecule has 0 aliphatic heterocycles. The third-order valence-electron chi connectivity index (χ3n) is 2.38. The largest absolute Gasteiger partial charge is 0.383 e. The molecule has 0 fully saturated rings. The topological polar surface area (TPSA) is 51.8 Å². The van der Waals surface area contributed by atoms with E-state index in [-0.39, 0.29) is 5.41 Å². The van der Waals surface area contributed by atoms with Crippen LogP contribution in [-0.4, -0.2) is 9.97 Å². The van der Waals surface area contributed by atoms with Crippen molar-refractivity contribution in [1.82, 2.24) is 9.97 Å². The molecule has 2 N–H and O–H groups in total. The predicted molar refractivity (Wildman–Crippen MR) is 81.2 cm³/mol. The normalized spacial score (nSPS) is 11.8. The van der Waals surface area contributed by atoms with Crippen LogP contribution < -0.4 is 5.73 Å². The standard InChI is InChI=1S/C12H13BrClN3S/c1-12(2,3)9-8(13)10(15)17-11(16-9)6-4-5-7(14)18-6/h4-5H,1-3H3,(H2,15,16,17). The first kappa shape index (κ1) is 13.8. The van der Waals surface area contributed by atoms with E-state index in [0.717, 1.165) is 15.0 Å². The number of rotatable bonds is 1. The number of nitrogens with zero attached hydrogens (tertiary/aromatic N) is 2. The van der Waals surface area contributed by atoms with Gasteiger partial charge in [-0.3, -0.25) is 0 Å². The third-order valence-corrected chi connectivity index (χ3v) is 4.39. The number of nitrogen functional groups attached to an aromatic ring is 1. The minimum atomic E-state index is -0.105. The minimum absolute atomic E-state index is 0.105. The molecular weight excluding hydrogens is 334 g/mol. The van der Waals surface area contributed by atoms with Gasteiger partial charge < -0.3 is 5.73 Å². The number of hydrogen-bond donors (Lipinski definition) is 1. The second-order valence-corrected chi connectivity index (χ2v) is 7.46. The van der Waals surface area contributed by atoms with Crippen LogP contribution in [0.1, 0.15) is 26.5 Å². The molecule has 0 aromatic carbocycles. The van der Waals surface area contributed by atoms with Gasteiger partial charge in [-0.05, 0) is 28.1 Å². The van der Waals surface area contributed by atoms with Crippen LogP contribution >= 0.6 is 38.9 Å². The molecule has 96 valence electrons. The van der Waals surface area contributed by atoms with Crippen molar-refractivity contribution in [2.75, 3.05) is 5.73 Å². The molecule has 2 rings (SSSR count).